The van der Waals surface area contributed by atoms with Gasteiger partial charge in [-0.25, -0.2) is 9.37 Å². The van der Waals surface area contributed by atoms with E-state index in [1.54, 1.807) is 29.2 Å². The monoisotopic (exact) mass is 222 g/mol. The van der Waals surface area contributed by atoms with Gasteiger partial charge in [0.2, 0.25) is 0 Å². The van der Waals surface area contributed by atoms with Gasteiger partial charge in [-0.15, -0.1) is 0 Å². The molecule has 0 spiro atoms. The summed E-state index contributed by atoms with van der Waals surface area (Å²) in [5.41, 5.74) is 1.29. The molecule has 0 radical (unpaired) electrons. The molecular weight excluding hydrogens is 211 g/mol. The van der Waals surface area contributed by atoms with Crippen LogP contribution in [0.2, 0.25) is 0 Å². The lowest BCUT2D eigenvalue weighted by Crippen LogP contribution is -1.94. The smallest absolute Gasteiger partial charge is 0.165 e. The van der Waals surface area contributed by atoms with Crippen LogP contribution in [0.3, 0.4) is 0 Å². The highest BCUT2D eigenvalue weighted by molar-refractivity contribution is 5.40. The van der Waals surface area contributed by atoms with Gasteiger partial charge in [-0.2, -0.15) is 0 Å². The highest BCUT2D eigenvalue weighted by Gasteiger charge is 2.05. The normalized spacial score (nSPS) is 10.4. The van der Waals surface area contributed by atoms with E-state index in [0.717, 1.165) is 5.69 Å². The van der Waals surface area contributed by atoms with Crippen LogP contribution in [0.1, 0.15) is 5.69 Å². The Bertz CT molecular complexity index is 496. The number of hydrogen-bond donors (Lipinski definition) is 1. The Morgan fingerprint density at radius 2 is 2.31 bits per heavy atom. The van der Waals surface area contributed by atoms with Gasteiger partial charge < -0.3 is 14.4 Å². The second-order valence-electron chi connectivity index (χ2n) is 3.25. The lowest BCUT2D eigenvalue weighted by atomic mass is 10.3. The number of aliphatic hydroxyl groups excluding tert-OH is 1. The Balaban J connectivity index is 2.40. The number of benzene rings is 1. The van der Waals surface area contributed by atoms with Crippen LogP contribution in [0.4, 0.5) is 4.39 Å². The van der Waals surface area contributed by atoms with Crippen LogP contribution in [0.15, 0.2) is 30.7 Å². The fraction of sp³-hybridized carbons (Fsp3) is 0.182. The number of rotatable bonds is 3. The Hall–Kier alpha value is -1.88. The molecule has 2 rings (SSSR count). The quantitative estimate of drug-likeness (QED) is 0.856. The van der Waals surface area contributed by atoms with Gasteiger partial charge in [0.15, 0.2) is 11.6 Å². The fourth-order valence-corrected chi connectivity index (χ4v) is 1.40. The van der Waals surface area contributed by atoms with Crippen molar-refractivity contribution in [2.75, 3.05) is 7.11 Å². The van der Waals surface area contributed by atoms with Crippen LogP contribution in [-0.2, 0) is 6.61 Å². The van der Waals surface area contributed by atoms with Crippen molar-refractivity contribution in [3.63, 3.8) is 0 Å². The van der Waals surface area contributed by atoms with Crippen LogP contribution in [-0.4, -0.2) is 21.8 Å². The van der Waals surface area contributed by atoms with Crippen LogP contribution < -0.4 is 4.74 Å². The van der Waals surface area contributed by atoms with Gasteiger partial charge in [0.1, 0.15) is 0 Å². The predicted molar refractivity (Wildman–Crippen MR) is 56.0 cm³/mol. The first kappa shape index (κ1) is 10.6. The van der Waals surface area contributed by atoms with Crippen LogP contribution in [0.25, 0.3) is 5.69 Å². The van der Waals surface area contributed by atoms with Gasteiger partial charge in [0.05, 0.1) is 31.4 Å². The number of imidazole rings is 1. The molecule has 0 saturated heterocycles. The van der Waals surface area contributed by atoms with Gasteiger partial charge in [-0.1, -0.05) is 0 Å². The summed E-state index contributed by atoms with van der Waals surface area (Å²) in [7, 11) is 1.41. The van der Waals surface area contributed by atoms with Crippen molar-refractivity contribution < 1.29 is 14.2 Å². The lowest BCUT2D eigenvalue weighted by Gasteiger charge is -2.05. The molecule has 4 nitrogen and oxygen atoms in total. The van der Waals surface area contributed by atoms with Gasteiger partial charge >= 0.3 is 0 Å². The third-order valence-corrected chi connectivity index (χ3v) is 2.23. The Morgan fingerprint density at radius 1 is 1.50 bits per heavy atom. The summed E-state index contributed by atoms with van der Waals surface area (Å²) in [6.45, 7) is -0.120. The highest BCUT2D eigenvalue weighted by atomic mass is 19.1. The van der Waals surface area contributed by atoms with E-state index in [0.29, 0.717) is 5.69 Å². The first-order valence-corrected chi connectivity index (χ1v) is 4.72. The third-order valence-electron chi connectivity index (χ3n) is 2.23. The Morgan fingerprint density at radius 3 is 2.94 bits per heavy atom. The van der Waals surface area contributed by atoms with Gasteiger partial charge in [-0.3, -0.25) is 0 Å². The molecule has 1 aromatic carbocycles. The number of halogens is 1. The molecule has 0 bridgehead atoms. The maximum Gasteiger partial charge on any atom is 0.165 e. The van der Waals surface area contributed by atoms with Crippen molar-refractivity contribution in [1.82, 2.24) is 9.55 Å². The molecule has 0 amide bonds. The van der Waals surface area contributed by atoms with Crippen molar-refractivity contribution in [3.05, 3.63) is 42.2 Å². The molecular formula is C11H11FN2O2. The molecule has 5 heteroatoms. The number of aromatic nitrogens is 2. The molecule has 0 aliphatic heterocycles. The molecule has 0 saturated carbocycles. The number of methoxy groups -OCH3 is 1. The molecule has 1 aromatic heterocycles. The second kappa shape index (κ2) is 4.32. The first-order chi connectivity index (χ1) is 7.74. The van der Waals surface area contributed by atoms with E-state index in [1.165, 1.54) is 13.2 Å². The minimum Gasteiger partial charge on any atom is -0.494 e. The number of nitrogens with zero attached hydrogens (tertiary/aromatic N) is 2. The van der Waals surface area contributed by atoms with Gasteiger partial charge in [0, 0.05) is 12.3 Å². The van der Waals surface area contributed by atoms with Crippen molar-refractivity contribution >= 4 is 0 Å². The topological polar surface area (TPSA) is 47.3 Å². The summed E-state index contributed by atoms with van der Waals surface area (Å²) in [4.78, 5) is 3.97. The van der Waals surface area contributed by atoms with E-state index < -0.39 is 5.82 Å². The van der Waals surface area contributed by atoms with E-state index in [9.17, 15) is 4.39 Å². The standard InChI is InChI=1S/C11H11FN2O2/c1-16-11-4-9(2-3-10(11)12)14-5-8(6-15)13-7-14/h2-5,7,15H,6H2,1H3. The Labute approximate surface area is 91.9 Å². The third kappa shape index (κ3) is 1.90. The summed E-state index contributed by atoms with van der Waals surface area (Å²) in [6, 6.07) is 4.51. The molecule has 1 heterocycles. The molecule has 2 aromatic rings. The zero-order valence-corrected chi connectivity index (χ0v) is 8.72. The average Bonchev–Trinajstić information content (AvgIpc) is 2.78. The largest absolute Gasteiger partial charge is 0.494 e. The van der Waals surface area contributed by atoms with E-state index in [-0.39, 0.29) is 12.4 Å². The minimum atomic E-state index is -0.409. The van der Waals surface area contributed by atoms with Crippen molar-refractivity contribution in [1.29, 1.82) is 0 Å². The summed E-state index contributed by atoms with van der Waals surface area (Å²) >= 11 is 0. The maximum absolute atomic E-state index is 13.2. The van der Waals surface area contributed by atoms with E-state index in [2.05, 4.69) is 4.98 Å². The first-order valence-electron chi connectivity index (χ1n) is 4.72. The zero-order valence-electron chi connectivity index (χ0n) is 8.72. The molecule has 0 aliphatic carbocycles. The summed E-state index contributed by atoms with van der Waals surface area (Å²) < 4.78 is 19.7. The molecule has 1 N–H and O–H groups in total. The predicted octanol–water partition coefficient (Wildman–Crippen LogP) is 1.51. The zero-order chi connectivity index (χ0) is 11.5. The van der Waals surface area contributed by atoms with E-state index in [4.69, 9.17) is 9.84 Å². The van der Waals surface area contributed by atoms with Gasteiger partial charge in [0.25, 0.3) is 0 Å². The molecule has 0 aliphatic rings. The summed E-state index contributed by atoms with van der Waals surface area (Å²) in [5, 5.41) is 8.88. The molecule has 16 heavy (non-hydrogen) atoms. The minimum absolute atomic E-state index is 0.120. The second-order valence-corrected chi connectivity index (χ2v) is 3.25. The molecule has 0 fully saturated rings. The SMILES string of the molecule is COc1cc(-n2cnc(CO)c2)ccc1F. The van der Waals surface area contributed by atoms with Crippen LogP contribution >= 0.6 is 0 Å². The molecule has 84 valence electrons. The van der Waals surface area contributed by atoms with Crippen LogP contribution in [0, 0.1) is 5.82 Å². The summed E-state index contributed by atoms with van der Waals surface area (Å²) in [6.07, 6.45) is 3.23. The Kier molecular flexibility index (Phi) is 2.87. The molecule has 0 unspecified atom stereocenters. The maximum atomic E-state index is 13.2. The average molecular weight is 222 g/mol. The van der Waals surface area contributed by atoms with E-state index >= 15 is 0 Å². The lowest BCUT2D eigenvalue weighted by molar-refractivity contribution is 0.277. The number of hydrogen-bond acceptors (Lipinski definition) is 3. The van der Waals surface area contributed by atoms with E-state index in [1.807, 2.05) is 0 Å². The van der Waals surface area contributed by atoms with Crippen molar-refractivity contribution in [2.45, 2.75) is 6.61 Å². The van der Waals surface area contributed by atoms with Gasteiger partial charge in [-0.05, 0) is 12.1 Å². The summed E-state index contributed by atoms with van der Waals surface area (Å²) in [5.74, 6) is -0.231. The van der Waals surface area contributed by atoms with Crippen LogP contribution in [0.5, 0.6) is 5.75 Å². The van der Waals surface area contributed by atoms with Crippen molar-refractivity contribution in [2.24, 2.45) is 0 Å². The number of aliphatic hydroxyl groups is 1. The molecule has 0 atom stereocenters. The highest BCUT2D eigenvalue weighted by Crippen LogP contribution is 2.20. The number of ether oxygens (including phenoxy) is 1. The fourth-order valence-electron chi connectivity index (χ4n) is 1.40. The van der Waals surface area contributed by atoms with Crippen molar-refractivity contribution in [3.8, 4) is 11.4 Å².